The molecule has 0 radical (unpaired) electrons. The first-order chi connectivity index (χ1) is 10.6. The van der Waals surface area contributed by atoms with Crippen molar-refractivity contribution in [1.29, 1.82) is 0 Å². The van der Waals surface area contributed by atoms with E-state index in [0.717, 1.165) is 12.0 Å². The Morgan fingerprint density at radius 2 is 2.05 bits per heavy atom. The van der Waals surface area contributed by atoms with Crippen molar-refractivity contribution in [2.24, 2.45) is 0 Å². The van der Waals surface area contributed by atoms with Gasteiger partial charge in [-0.1, -0.05) is 29.8 Å². The quantitative estimate of drug-likeness (QED) is 0.827. The van der Waals surface area contributed by atoms with Crippen LogP contribution < -0.4 is 5.32 Å². The first kappa shape index (κ1) is 17.2. The van der Waals surface area contributed by atoms with Gasteiger partial charge in [-0.3, -0.25) is 9.00 Å². The summed E-state index contributed by atoms with van der Waals surface area (Å²) >= 11 is 7.49. The number of hydrogen-bond donors (Lipinski definition) is 1. The molecule has 1 N–H and O–H groups in total. The lowest BCUT2D eigenvalue weighted by Gasteiger charge is -2.12. The van der Waals surface area contributed by atoms with E-state index < -0.39 is 16.0 Å². The Balaban J connectivity index is 1.79. The molecule has 1 heterocycles. The highest BCUT2D eigenvalue weighted by atomic mass is 35.5. The number of hydrogen-bond acceptors (Lipinski definition) is 3. The van der Waals surface area contributed by atoms with E-state index >= 15 is 0 Å². The molecule has 2 aromatic rings. The highest BCUT2D eigenvalue weighted by Crippen LogP contribution is 2.13. The van der Waals surface area contributed by atoms with Gasteiger partial charge < -0.3 is 5.32 Å². The van der Waals surface area contributed by atoms with Crippen molar-refractivity contribution in [3.05, 3.63) is 57.2 Å². The van der Waals surface area contributed by atoms with Crippen LogP contribution in [-0.4, -0.2) is 21.9 Å². The molecule has 0 aliphatic heterocycles. The van der Waals surface area contributed by atoms with Gasteiger partial charge in [0.2, 0.25) is 5.91 Å². The lowest BCUT2D eigenvalue weighted by molar-refractivity contribution is -0.120. The SMILES string of the molecule is C[C@H](C(=O)NCCc1cccs1)[S@@](=O)Cc1ccc(Cl)cc1. The zero-order valence-corrected chi connectivity index (χ0v) is 14.6. The molecule has 1 amide bonds. The number of carbonyl (C=O) groups excluding carboxylic acids is 1. The molecule has 1 aromatic carbocycles. The number of halogens is 1. The Labute approximate surface area is 142 Å². The third-order valence-electron chi connectivity index (χ3n) is 3.24. The van der Waals surface area contributed by atoms with Crippen molar-refractivity contribution in [3.63, 3.8) is 0 Å². The molecule has 118 valence electrons. The van der Waals surface area contributed by atoms with Crippen molar-refractivity contribution in [1.82, 2.24) is 5.32 Å². The number of rotatable bonds is 7. The minimum absolute atomic E-state index is 0.163. The van der Waals surface area contributed by atoms with Gasteiger partial charge in [-0.25, -0.2) is 0 Å². The standard InChI is InChI=1S/C16H18ClNO2S2/c1-12(16(19)18-9-8-15-3-2-10-21-15)22(20)11-13-4-6-14(17)7-5-13/h2-7,10,12H,8-9,11H2,1H3,(H,18,19)/t12-,22+/m1/s1. The van der Waals surface area contributed by atoms with Crippen LogP contribution in [0, 0.1) is 0 Å². The summed E-state index contributed by atoms with van der Waals surface area (Å²) in [6.07, 6.45) is 0.806. The van der Waals surface area contributed by atoms with Crippen LogP contribution in [0.15, 0.2) is 41.8 Å². The number of benzene rings is 1. The highest BCUT2D eigenvalue weighted by Gasteiger charge is 2.19. The molecule has 0 bridgehead atoms. The van der Waals surface area contributed by atoms with Crippen LogP contribution in [0.2, 0.25) is 5.02 Å². The van der Waals surface area contributed by atoms with E-state index in [2.05, 4.69) is 5.32 Å². The first-order valence-corrected chi connectivity index (χ1v) is 9.62. The third-order valence-corrected chi connectivity index (χ3v) is 6.05. The van der Waals surface area contributed by atoms with E-state index in [1.165, 1.54) is 4.88 Å². The largest absolute Gasteiger partial charge is 0.355 e. The molecule has 3 nitrogen and oxygen atoms in total. The second-order valence-corrected chi connectivity index (χ2v) is 8.14. The fourth-order valence-corrected chi connectivity index (χ4v) is 3.82. The van der Waals surface area contributed by atoms with E-state index in [4.69, 9.17) is 11.6 Å². The van der Waals surface area contributed by atoms with Gasteiger partial charge in [-0.05, 0) is 42.5 Å². The fraction of sp³-hybridized carbons (Fsp3) is 0.312. The summed E-state index contributed by atoms with van der Waals surface area (Å²) in [5, 5.41) is 4.98. The summed E-state index contributed by atoms with van der Waals surface area (Å²) in [5.41, 5.74) is 0.918. The third kappa shape index (κ3) is 5.23. The Hall–Kier alpha value is -1.17. The van der Waals surface area contributed by atoms with Gasteiger partial charge >= 0.3 is 0 Å². The van der Waals surface area contributed by atoms with Gasteiger partial charge in [0, 0.05) is 33.0 Å². The Morgan fingerprint density at radius 3 is 2.68 bits per heavy atom. The van der Waals surface area contributed by atoms with Gasteiger partial charge in [0.15, 0.2) is 0 Å². The second kappa shape index (κ2) is 8.46. The summed E-state index contributed by atoms with van der Waals surface area (Å²) in [6.45, 7) is 2.27. The molecule has 0 saturated carbocycles. The molecule has 0 spiro atoms. The number of amides is 1. The van der Waals surface area contributed by atoms with Crippen LogP contribution in [0.1, 0.15) is 17.4 Å². The summed E-state index contributed by atoms with van der Waals surface area (Å²) in [5.74, 6) is 0.195. The molecule has 22 heavy (non-hydrogen) atoms. The van der Waals surface area contributed by atoms with Crippen molar-refractivity contribution < 1.29 is 9.00 Å². The molecule has 1 aromatic heterocycles. The van der Waals surface area contributed by atoms with Gasteiger partial charge in [0.1, 0.15) is 5.25 Å². The Morgan fingerprint density at radius 1 is 1.32 bits per heavy atom. The monoisotopic (exact) mass is 355 g/mol. The van der Waals surface area contributed by atoms with E-state index in [0.29, 0.717) is 17.3 Å². The van der Waals surface area contributed by atoms with Crippen LogP contribution >= 0.6 is 22.9 Å². The summed E-state index contributed by atoms with van der Waals surface area (Å²) in [7, 11) is -1.25. The topological polar surface area (TPSA) is 46.2 Å². The van der Waals surface area contributed by atoms with Crippen LogP contribution in [0.25, 0.3) is 0 Å². The van der Waals surface area contributed by atoms with E-state index in [1.807, 2.05) is 29.6 Å². The van der Waals surface area contributed by atoms with Crippen LogP contribution in [-0.2, 0) is 27.8 Å². The number of thiophene rings is 1. The van der Waals surface area contributed by atoms with Crippen LogP contribution in [0.4, 0.5) is 0 Å². The van der Waals surface area contributed by atoms with Crippen molar-refractivity contribution in [2.75, 3.05) is 6.54 Å². The van der Waals surface area contributed by atoms with Crippen LogP contribution in [0.5, 0.6) is 0 Å². The van der Waals surface area contributed by atoms with E-state index in [-0.39, 0.29) is 5.91 Å². The molecular formula is C16H18ClNO2S2. The molecule has 2 rings (SSSR count). The van der Waals surface area contributed by atoms with Crippen molar-refractivity contribution in [3.8, 4) is 0 Å². The van der Waals surface area contributed by atoms with Gasteiger partial charge in [0.25, 0.3) is 0 Å². The fourth-order valence-electron chi connectivity index (χ4n) is 1.90. The van der Waals surface area contributed by atoms with Gasteiger partial charge in [-0.2, -0.15) is 0 Å². The first-order valence-electron chi connectivity index (χ1n) is 6.98. The summed E-state index contributed by atoms with van der Waals surface area (Å²) in [4.78, 5) is 13.3. The number of carbonyl (C=O) groups is 1. The summed E-state index contributed by atoms with van der Waals surface area (Å²) in [6, 6.07) is 11.2. The molecule has 0 aliphatic carbocycles. The smallest absolute Gasteiger partial charge is 0.235 e. The predicted molar refractivity (Wildman–Crippen MR) is 93.8 cm³/mol. The van der Waals surface area contributed by atoms with Gasteiger partial charge in [0.05, 0.1) is 0 Å². The average Bonchev–Trinajstić information content (AvgIpc) is 3.02. The molecule has 0 unspecified atom stereocenters. The molecule has 0 saturated heterocycles. The van der Waals surface area contributed by atoms with Gasteiger partial charge in [-0.15, -0.1) is 11.3 Å². The molecule has 2 atom stereocenters. The lowest BCUT2D eigenvalue weighted by atomic mass is 10.2. The average molecular weight is 356 g/mol. The minimum atomic E-state index is -1.25. The highest BCUT2D eigenvalue weighted by molar-refractivity contribution is 7.85. The lowest BCUT2D eigenvalue weighted by Crippen LogP contribution is -2.36. The maximum atomic E-state index is 12.2. The van der Waals surface area contributed by atoms with E-state index in [9.17, 15) is 9.00 Å². The maximum absolute atomic E-state index is 12.2. The van der Waals surface area contributed by atoms with Crippen molar-refractivity contribution >= 4 is 39.6 Å². The summed E-state index contributed by atoms with van der Waals surface area (Å²) < 4.78 is 12.2. The van der Waals surface area contributed by atoms with Crippen molar-refractivity contribution in [2.45, 2.75) is 24.3 Å². The normalized spacial score (nSPS) is 13.5. The second-order valence-electron chi connectivity index (χ2n) is 4.91. The molecule has 0 fully saturated rings. The predicted octanol–water partition coefficient (Wildman–Crippen LogP) is 3.40. The van der Waals surface area contributed by atoms with Crippen LogP contribution in [0.3, 0.4) is 0 Å². The molecular weight excluding hydrogens is 338 g/mol. The Bertz CT molecular complexity index is 626. The maximum Gasteiger partial charge on any atom is 0.235 e. The minimum Gasteiger partial charge on any atom is -0.355 e. The molecule has 6 heteroatoms. The zero-order valence-electron chi connectivity index (χ0n) is 12.3. The number of nitrogens with one attached hydrogen (secondary N) is 1. The Kier molecular flexibility index (Phi) is 6.61. The zero-order chi connectivity index (χ0) is 15.9. The van der Waals surface area contributed by atoms with E-state index in [1.54, 1.807) is 30.4 Å². The molecule has 0 aliphatic rings.